The van der Waals surface area contributed by atoms with E-state index in [4.69, 9.17) is 4.42 Å². The lowest BCUT2D eigenvalue weighted by molar-refractivity contribution is 0.668. The molecule has 0 unspecified atom stereocenters. The molecule has 1 aromatic heterocycles. The van der Waals surface area contributed by atoms with Crippen LogP contribution in [0.4, 0.5) is 11.4 Å². The van der Waals surface area contributed by atoms with Crippen molar-refractivity contribution in [2.45, 2.75) is 6.92 Å². The Hall–Kier alpha value is -5.86. The van der Waals surface area contributed by atoms with E-state index in [1.807, 2.05) is 49.4 Å². The zero-order chi connectivity index (χ0) is 30.8. The molecule has 45 heavy (non-hydrogen) atoms. The molecule has 0 spiro atoms. The van der Waals surface area contributed by atoms with Gasteiger partial charge in [-0.2, -0.15) is 0 Å². The second-order valence-corrected chi connectivity index (χ2v) is 10.6. The SMILES string of the molecule is C=C/C=C(\C=C/C)c1cccc2c1oc1ccccc12.c1ccc(-c2ccc(Nc3ccc(-c4ccccc4)cc3)cc2)cc1. The Bertz CT molecular complexity index is 1980. The Labute approximate surface area is 265 Å². The first kappa shape index (κ1) is 29.2. The van der Waals surface area contributed by atoms with Gasteiger partial charge in [-0.1, -0.05) is 152 Å². The van der Waals surface area contributed by atoms with Crippen molar-refractivity contribution in [1.29, 1.82) is 0 Å². The van der Waals surface area contributed by atoms with Crippen LogP contribution in [0, 0.1) is 0 Å². The van der Waals surface area contributed by atoms with Gasteiger partial charge in [0, 0.05) is 27.7 Å². The van der Waals surface area contributed by atoms with Gasteiger partial charge in [0.2, 0.25) is 0 Å². The van der Waals surface area contributed by atoms with Gasteiger partial charge in [-0.25, -0.2) is 0 Å². The van der Waals surface area contributed by atoms with Crippen LogP contribution in [0.1, 0.15) is 12.5 Å². The summed E-state index contributed by atoms with van der Waals surface area (Å²) in [6.45, 7) is 5.80. The molecule has 0 bridgehead atoms. The maximum absolute atomic E-state index is 6.05. The molecule has 0 fully saturated rings. The van der Waals surface area contributed by atoms with E-state index in [9.17, 15) is 0 Å². The molecular formula is C43H35NO. The highest BCUT2D eigenvalue weighted by atomic mass is 16.3. The van der Waals surface area contributed by atoms with Crippen molar-refractivity contribution in [3.63, 3.8) is 0 Å². The molecule has 0 radical (unpaired) electrons. The highest BCUT2D eigenvalue weighted by Gasteiger charge is 2.11. The summed E-state index contributed by atoms with van der Waals surface area (Å²) in [7, 11) is 0. The van der Waals surface area contributed by atoms with Crippen LogP contribution in [0.3, 0.4) is 0 Å². The van der Waals surface area contributed by atoms with Crippen LogP contribution < -0.4 is 5.32 Å². The topological polar surface area (TPSA) is 25.2 Å². The average molecular weight is 582 g/mol. The molecule has 7 aromatic rings. The predicted octanol–water partition coefficient (Wildman–Crippen LogP) is 12.5. The molecule has 0 aliphatic carbocycles. The molecule has 218 valence electrons. The fourth-order valence-corrected chi connectivity index (χ4v) is 5.44. The van der Waals surface area contributed by atoms with Crippen LogP contribution in [0.15, 0.2) is 187 Å². The molecule has 0 saturated heterocycles. The highest BCUT2D eigenvalue weighted by molar-refractivity contribution is 6.08. The van der Waals surface area contributed by atoms with Crippen molar-refractivity contribution >= 4 is 38.9 Å². The molecular weight excluding hydrogens is 546 g/mol. The number of fused-ring (bicyclic) bond motifs is 3. The minimum atomic E-state index is 0.924. The third-order valence-corrected chi connectivity index (χ3v) is 7.63. The third-order valence-electron chi connectivity index (χ3n) is 7.63. The number of hydrogen-bond acceptors (Lipinski definition) is 2. The summed E-state index contributed by atoms with van der Waals surface area (Å²) in [5.41, 5.74) is 11.2. The Kier molecular flexibility index (Phi) is 9.14. The summed E-state index contributed by atoms with van der Waals surface area (Å²) >= 11 is 0. The molecule has 1 heterocycles. The van der Waals surface area contributed by atoms with E-state index in [1.54, 1.807) is 6.08 Å². The quantitative estimate of drug-likeness (QED) is 0.189. The predicted molar refractivity (Wildman–Crippen MR) is 194 cm³/mol. The lowest BCUT2D eigenvalue weighted by Crippen LogP contribution is -1.90. The van der Waals surface area contributed by atoms with Crippen molar-refractivity contribution < 1.29 is 4.42 Å². The number of anilines is 2. The van der Waals surface area contributed by atoms with Crippen LogP contribution in [-0.2, 0) is 0 Å². The fraction of sp³-hybridized carbons (Fsp3) is 0.0233. The van der Waals surface area contributed by atoms with E-state index in [0.717, 1.165) is 44.4 Å². The zero-order valence-corrected chi connectivity index (χ0v) is 25.4. The van der Waals surface area contributed by atoms with Crippen LogP contribution in [-0.4, -0.2) is 0 Å². The monoisotopic (exact) mass is 581 g/mol. The lowest BCUT2D eigenvalue weighted by Gasteiger charge is -2.09. The number of benzene rings is 6. The van der Waals surface area contributed by atoms with Crippen molar-refractivity contribution in [3.05, 3.63) is 188 Å². The smallest absolute Gasteiger partial charge is 0.143 e. The van der Waals surface area contributed by atoms with Gasteiger partial charge in [0.25, 0.3) is 0 Å². The van der Waals surface area contributed by atoms with E-state index in [1.165, 1.54) is 22.3 Å². The van der Waals surface area contributed by atoms with Crippen molar-refractivity contribution in [1.82, 2.24) is 0 Å². The summed E-state index contributed by atoms with van der Waals surface area (Å²) in [4.78, 5) is 0. The van der Waals surface area contributed by atoms with E-state index < -0.39 is 0 Å². The Balaban J connectivity index is 0.000000163. The maximum Gasteiger partial charge on any atom is 0.143 e. The van der Waals surface area contributed by atoms with E-state index in [2.05, 4.69) is 139 Å². The molecule has 7 rings (SSSR count). The van der Waals surface area contributed by atoms with Gasteiger partial charge < -0.3 is 9.73 Å². The number of nitrogens with one attached hydrogen (secondary N) is 1. The van der Waals surface area contributed by atoms with Gasteiger partial charge in [-0.05, 0) is 65.1 Å². The first-order valence-electron chi connectivity index (χ1n) is 15.2. The van der Waals surface area contributed by atoms with E-state index >= 15 is 0 Å². The molecule has 0 amide bonds. The summed E-state index contributed by atoms with van der Waals surface area (Å²) in [6.07, 6.45) is 7.90. The first-order chi connectivity index (χ1) is 22.2. The Morgan fingerprint density at radius 2 is 1.07 bits per heavy atom. The first-order valence-corrected chi connectivity index (χ1v) is 15.2. The maximum atomic E-state index is 6.05. The molecule has 2 heteroatoms. The highest BCUT2D eigenvalue weighted by Crippen LogP contribution is 2.34. The Morgan fingerprint density at radius 1 is 0.556 bits per heavy atom. The molecule has 0 atom stereocenters. The summed E-state index contributed by atoms with van der Waals surface area (Å²) in [6, 6.07) is 52.3. The molecule has 2 nitrogen and oxygen atoms in total. The fourth-order valence-electron chi connectivity index (χ4n) is 5.44. The molecule has 1 N–H and O–H groups in total. The van der Waals surface area contributed by atoms with Crippen LogP contribution in [0.5, 0.6) is 0 Å². The van der Waals surface area contributed by atoms with Crippen molar-refractivity contribution in [3.8, 4) is 22.3 Å². The van der Waals surface area contributed by atoms with Gasteiger partial charge in [0.15, 0.2) is 0 Å². The summed E-state index contributed by atoms with van der Waals surface area (Å²) in [5, 5.41) is 5.77. The third kappa shape index (κ3) is 6.87. The average Bonchev–Trinajstić information content (AvgIpc) is 3.49. The Morgan fingerprint density at radius 3 is 1.62 bits per heavy atom. The molecule has 0 aliphatic heterocycles. The van der Waals surface area contributed by atoms with Gasteiger partial charge in [0.05, 0.1) is 0 Å². The largest absolute Gasteiger partial charge is 0.455 e. The van der Waals surface area contributed by atoms with Gasteiger partial charge in [0.1, 0.15) is 11.2 Å². The van der Waals surface area contributed by atoms with Crippen LogP contribution in [0.25, 0.3) is 49.8 Å². The molecule has 0 saturated carbocycles. The van der Waals surface area contributed by atoms with Crippen molar-refractivity contribution in [2.24, 2.45) is 0 Å². The van der Waals surface area contributed by atoms with E-state index in [0.29, 0.717) is 0 Å². The number of furan rings is 1. The van der Waals surface area contributed by atoms with Crippen LogP contribution in [0.2, 0.25) is 0 Å². The lowest BCUT2D eigenvalue weighted by atomic mass is 10.0. The van der Waals surface area contributed by atoms with Crippen molar-refractivity contribution in [2.75, 3.05) is 5.32 Å². The van der Waals surface area contributed by atoms with Gasteiger partial charge in [-0.3, -0.25) is 0 Å². The van der Waals surface area contributed by atoms with E-state index in [-0.39, 0.29) is 0 Å². The summed E-state index contributed by atoms with van der Waals surface area (Å²) < 4.78 is 6.05. The molecule has 0 aliphatic rings. The summed E-state index contributed by atoms with van der Waals surface area (Å²) in [5.74, 6) is 0. The number of para-hydroxylation sites is 2. The number of hydrogen-bond donors (Lipinski definition) is 1. The van der Waals surface area contributed by atoms with Gasteiger partial charge in [-0.15, -0.1) is 0 Å². The second kappa shape index (κ2) is 14.1. The minimum absolute atomic E-state index is 0.924. The van der Waals surface area contributed by atoms with Crippen LogP contribution >= 0.6 is 0 Å². The second-order valence-electron chi connectivity index (χ2n) is 10.6. The molecule has 6 aromatic carbocycles. The standard InChI is InChI=1S/C24H19N.C19H16O/c1-3-7-19(8-4-1)21-11-15-23(16-12-21)25-24-17-13-22(14-18-24)20-9-5-2-6-10-20;1-3-8-14(9-4-2)15-11-7-12-17-16-10-5-6-13-18(16)20-19(15)17/h1-18,25H;3-13H,1H2,2H3/b;9-4-,14-8+. The number of rotatable bonds is 7. The minimum Gasteiger partial charge on any atom is -0.455 e. The van der Waals surface area contributed by atoms with Gasteiger partial charge >= 0.3 is 0 Å². The normalized spacial score (nSPS) is 11.4. The number of allylic oxidation sites excluding steroid dienone is 5. The zero-order valence-electron chi connectivity index (χ0n) is 25.4.